The first-order valence-corrected chi connectivity index (χ1v) is 13.4. The number of nitrogens with one attached hydrogen (secondary N) is 3. The summed E-state index contributed by atoms with van der Waals surface area (Å²) in [6.45, 7) is 3.71. The molecule has 4 amide bonds. The van der Waals surface area contributed by atoms with E-state index >= 15 is 0 Å². The first-order valence-electron chi connectivity index (χ1n) is 13.4. The highest BCUT2D eigenvalue weighted by Gasteiger charge is 2.38. The zero-order valence-electron chi connectivity index (χ0n) is 23.8. The van der Waals surface area contributed by atoms with Crippen molar-refractivity contribution >= 4 is 47.9 Å². The maximum absolute atomic E-state index is 13.7. The smallest absolute Gasteiger partial charge is 0.245 e. The lowest BCUT2D eigenvalue weighted by atomic mass is 9.96. The van der Waals surface area contributed by atoms with E-state index in [1.54, 1.807) is 13.8 Å². The molecule has 0 aliphatic carbocycles. The SMILES string of the molecule is CC(C)C(=C=O)[C@H](NOCc1ccccc1)C(=O)N[C@@H](CCCN=C(N)N)C(=O)N1CCC[C@H]1C(=O)NCC(N)=O.Cl. The molecule has 0 aromatic heterocycles. The molecule has 14 nitrogen and oxygen atoms in total. The van der Waals surface area contributed by atoms with Crippen LogP contribution < -0.4 is 33.3 Å². The normalized spacial score (nSPS) is 15.5. The van der Waals surface area contributed by atoms with E-state index in [4.69, 9.17) is 22.0 Å². The zero-order chi connectivity index (χ0) is 30.4. The maximum atomic E-state index is 13.7. The fourth-order valence-electron chi connectivity index (χ4n) is 4.36. The Balaban J connectivity index is 0.00000882. The molecule has 1 aliphatic heterocycles. The zero-order valence-corrected chi connectivity index (χ0v) is 24.7. The van der Waals surface area contributed by atoms with E-state index in [1.807, 2.05) is 36.3 Å². The van der Waals surface area contributed by atoms with Crippen molar-refractivity contribution in [2.75, 3.05) is 19.6 Å². The quantitative estimate of drug-likeness (QED) is 0.0446. The summed E-state index contributed by atoms with van der Waals surface area (Å²) in [5, 5.41) is 5.15. The van der Waals surface area contributed by atoms with Crippen molar-refractivity contribution in [1.29, 1.82) is 0 Å². The molecule has 1 fully saturated rings. The third-order valence-electron chi connectivity index (χ3n) is 6.43. The van der Waals surface area contributed by atoms with Gasteiger partial charge in [-0.2, -0.15) is 5.48 Å². The lowest BCUT2D eigenvalue weighted by Crippen LogP contribution is -2.57. The van der Waals surface area contributed by atoms with E-state index in [2.05, 4.69) is 21.1 Å². The van der Waals surface area contributed by atoms with Gasteiger partial charge in [-0.25, -0.2) is 4.79 Å². The third-order valence-corrected chi connectivity index (χ3v) is 6.43. The second-order valence-corrected chi connectivity index (χ2v) is 9.92. The van der Waals surface area contributed by atoms with Crippen molar-refractivity contribution in [1.82, 2.24) is 21.0 Å². The fraction of sp³-hybridized carbons (Fsp3) is 0.519. The number of halogens is 1. The second-order valence-electron chi connectivity index (χ2n) is 9.92. The Morgan fingerprint density at radius 3 is 2.43 bits per heavy atom. The van der Waals surface area contributed by atoms with Crippen molar-refractivity contribution in [3.63, 3.8) is 0 Å². The summed E-state index contributed by atoms with van der Waals surface area (Å²) in [6, 6.07) is 6.08. The number of amides is 4. The summed E-state index contributed by atoms with van der Waals surface area (Å²) in [5.74, 6) is -1.04. The monoisotopic (exact) mass is 608 g/mol. The van der Waals surface area contributed by atoms with Gasteiger partial charge in [0.2, 0.25) is 23.6 Å². The number of likely N-dealkylation sites (tertiary alicyclic amines) is 1. The third kappa shape index (κ3) is 11.5. The van der Waals surface area contributed by atoms with Crippen LogP contribution in [0.25, 0.3) is 0 Å². The highest BCUT2D eigenvalue weighted by atomic mass is 35.5. The Labute approximate surface area is 251 Å². The minimum Gasteiger partial charge on any atom is -0.370 e. The molecule has 9 N–H and O–H groups in total. The molecule has 232 valence electrons. The summed E-state index contributed by atoms with van der Waals surface area (Å²) in [5.41, 5.74) is 19.5. The number of hydrogen-bond donors (Lipinski definition) is 6. The average Bonchev–Trinajstić information content (AvgIpc) is 3.43. The van der Waals surface area contributed by atoms with Crippen LogP contribution >= 0.6 is 12.4 Å². The number of aliphatic imine (C=N–C) groups is 1. The van der Waals surface area contributed by atoms with E-state index in [-0.39, 0.29) is 62.5 Å². The number of hydroxylamine groups is 1. The Morgan fingerprint density at radius 1 is 1.14 bits per heavy atom. The maximum Gasteiger partial charge on any atom is 0.245 e. The number of primary amides is 1. The molecule has 1 saturated heterocycles. The van der Waals surface area contributed by atoms with Gasteiger partial charge in [0.1, 0.15) is 24.1 Å². The standard InChI is InChI=1S/C27H40N8O6.ClH/c1-17(2)19(15-36)23(34-41-16-18-8-4-3-5-9-18)25(39)33-20(10-6-12-31-27(29)30)26(40)35-13-7-11-21(35)24(38)32-14-22(28)37;/h3-5,8-9,17,20-21,23,34H,6-7,10-14,16H2,1-2H3,(H2,28,37)(H,32,38)(H,33,39)(H4,29,30,31);1H/t20-,21-,23-;/m0./s1. The predicted octanol–water partition coefficient (Wildman–Crippen LogP) is -0.957. The van der Waals surface area contributed by atoms with Crippen LogP contribution in [0, 0.1) is 5.92 Å². The van der Waals surface area contributed by atoms with Crippen LogP contribution in [0.2, 0.25) is 0 Å². The molecule has 0 bridgehead atoms. The van der Waals surface area contributed by atoms with Crippen LogP contribution in [0.5, 0.6) is 0 Å². The summed E-state index contributed by atoms with van der Waals surface area (Å²) in [7, 11) is 0. The van der Waals surface area contributed by atoms with Gasteiger partial charge in [-0.3, -0.25) is 29.0 Å². The minimum atomic E-state index is -1.24. The first kappa shape index (κ1) is 36.1. The summed E-state index contributed by atoms with van der Waals surface area (Å²) >= 11 is 0. The molecular weight excluding hydrogens is 568 g/mol. The molecule has 42 heavy (non-hydrogen) atoms. The van der Waals surface area contributed by atoms with E-state index in [1.165, 1.54) is 4.90 Å². The molecule has 1 aromatic rings. The first-order chi connectivity index (χ1) is 19.5. The predicted molar refractivity (Wildman–Crippen MR) is 158 cm³/mol. The Morgan fingerprint density at radius 2 is 1.83 bits per heavy atom. The van der Waals surface area contributed by atoms with Crippen LogP contribution in [0.1, 0.15) is 45.1 Å². The highest BCUT2D eigenvalue weighted by molar-refractivity contribution is 5.95. The largest absolute Gasteiger partial charge is 0.370 e. The van der Waals surface area contributed by atoms with Crippen LogP contribution in [-0.4, -0.2) is 78.2 Å². The highest BCUT2D eigenvalue weighted by Crippen LogP contribution is 2.20. The number of rotatable bonds is 16. The van der Waals surface area contributed by atoms with Gasteiger partial charge in [-0.15, -0.1) is 12.4 Å². The molecule has 2 rings (SSSR count). The number of hydrogen-bond acceptors (Lipinski definition) is 8. The van der Waals surface area contributed by atoms with Gasteiger partial charge in [-0.1, -0.05) is 44.2 Å². The van der Waals surface area contributed by atoms with Crippen molar-refractivity contribution in [3.05, 3.63) is 41.5 Å². The Hall–Kier alpha value is -3.97. The summed E-state index contributed by atoms with van der Waals surface area (Å²) in [4.78, 5) is 73.7. The Bertz CT molecular complexity index is 1140. The van der Waals surface area contributed by atoms with Gasteiger partial charge in [0.05, 0.1) is 13.2 Å². The molecule has 15 heteroatoms. The number of benzene rings is 1. The molecule has 1 aromatic carbocycles. The average molecular weight is 609 g/mol. The lowest BCUT2D eigenvalue weighted by Gasteiger charge is -2.30. The molecule has 0 unspecified atom stereocenters. The topological polar surface area (TPSA) is 224 Å². The van der Waals surface area contributed by atoms with Crippen LogP contribution in [0.4, 0.5) is 0 Å². The van der Waals surface area contributed by atoms with Gasteiger partial charge >= 0.3 is 0 Å². The number of nitrogens with two attached hydrogens (primary N) is 3. The van der Waals surface area contributed by atoms with E-state index in [0.717, 1.165) is 5.56 Å². The number of carbonyl (C=O) groups excluding carboxylic acids is 5. The van der Waals surface area contributed by atoms with Gasteiger partial charge in [0.15, 0.2) is 5.96 Å². The Kier molecular flexibility index (Phi) is 15.8. The van der Waals surface area contributed by atoms with Crippen molar-refractivity contribution < 1.29 is 28.8 Å². The number of nitrogens with zero attached hydrogens (tertiary/aromatic N) is 2. The molecule has 3 atom stereocenters. The molecule has 1 aliphatic rings. The molecule has 0 radical (unpaired) electrons. The van der Waals surface area contributed by atoms with Gasteiger partial charge in [0.25, 0.3) is 0 Å². The molecular formula is C27H41ClN8O6. The molecule has 0 saturated carbocycles. The number of carbonyl (C=O) groups is 4. The van der Waals surface area contributed by atoms with Gasteiger partial charge in [0, 0.05) is 18.7 Å². The second kappa shape index (κ2) is 18.5. The van der Waals surface area contributed by atoms with E-state index in [0.29, 0.717) is 19.3 Å². The van der Waals surface area contributed by atoms with E-state index in [9.17, 15) is 24.0 Å². The van der Waals surface area contributed by atoms with Crippen LogP contribution in [0.15, 0.2) is 40.9 Å². The lowest BCUT2D eigenvalue weighted by molar-refractivity contribution is -0.142. The minimum absolute atomic E-state index is 0. The van der Waals surface area contributed by atoms with Gasteiger partial charge < -0.3 is 32.7 Å². The van der Waals surface area contributed by atoms with Crippen molar-refractivity contribution in [2.45, 2.75) is 64.3 Å². The molecule has 0 spiro atoms. The van der Waals surface area contributed by atoms with Crippen molar-refractivity contribution in [3.8, 4) is 0 Å². The summed E-state index contributed by atoms with van der Waals surface area (Å²) in [6.07, 6.45) is 1.42. The van der Waals surface area contributed by atoms with Crippen LogP contribution in [-0.2, 0) is 35.4 Å². The van der Waals surface area contributed by atoms with Crippen LogP contribution in [0.3, 0.4) is 0 Å². The molecule has 1 heterocycles. The van der Waals surface area contributed by atoms with E-state index < -0.39 is 41.8 Å². The van der Waals surface area contributed by atoms with Gasteiger partial charge in [-0.05, 0) is 37.2 Å². The number of guanidine groups is 1. The summed E-state index contributed by atoms with van der Waals surface area (Å²) < 4.78 is 0. The van der Waals surface area contributed by atoms with Crippen molar-refractivity contribution in [2.24, 2.45) is 28.1 Å². The fourth-order valence-corrected chi connectivity index (χ4v) is 4.36.